The Labute approximate surface area is 84.7 Å². The lowest BCUT2D eigenvalue weighted by Crippen LogP contribution is -2.20. The van der Waals surface area contributed by atoms with E-state index < -0.39 is 17.5 Å². The quantitative estimate of drug-likeness (QED) is 0.578. The number of nitrogens with one attached hydrogen (secondary N) is 1. The summed E-state index contributed by atoms with van der Waals surface area (Å²) >= 11 is 0. The van der Waals surface area contributed by atoms with Gasteiger partial charge in [0.25, 0.3) is 0 Å². The number of rotatable bonds is 2. The molecule has 2 atom stereocenters. The fourth-order valence-electron chi connectivity index (χ4n) is 1.68. The number of halogens is 2. The van der Waals surface area contributed by atoms with Gasteiger partial charge in [-0.1, -0.05) is 6.07 Å². The summed E-state index contributed by atoms with van der Waals surface area (Å²) in [5.74, 6) is -2.75. The zero-order valence-corrected chi connectivity index (χ0v) is 7.71. The zero-order chi connectivity index (χ0) is 11.0. The van der Waals surface area contributed by atoms with Gasteiger partial charge in [0.15, 0.2) is 11.6 Å². The molecule has 0 bridgehead atoms. The van der Waals surface area contributed by atoms with E-state index in [0.29, 0.717) is 12.0 Å². The van der Waals surface area contributed by atoms with Gasteiger partial charge in [-0.25, -0.2) is 14.3 Å². The van der Waals surface area contributed by atoms with Crippen LogP contribution in [0.5, 0.6) is 0 Å². The molecular weight excluding hydrogens is 204 g/mol. The molecule has 5 heteroatoms. The number of benzene rings is 1. The number of hydrogen-bond acceptors (Lipinski definition) is 2. The summed E-state index contributed by atoms with van der Waals surface area (Å²) in [7, 11) is 0. The van der Waals surface area contributed by atoms with Crippen LogP contribution in [0.1, 0.15) is 17.9 Å². The number of amides is 1. The predicted octanol–water partition coefficient (Wildman–Crippen LogP) is 1.57. The first kappa shape index (κ1) is 10.0. The number of hydrogen-bond donors (Lipinski definition) is 2. The summed E-state index contributed by atoms with van der Waals surface area (Å²) in [5.41, 5.74) is 2.13. The Morgan fingerprint density at radius 3 is 2.73 bits per heavy atom. The van der Waals surface area contributed by atoms with Crippen molar-refractivity contribution in [2.24, 2.45) is 5.92 Å². The fourth-order valence-corrected chi connectivity index (χ4v) is 1.68. The van der Waals surface area contributed by atoms with Crippen molar-refractivity contribution in [1.82, 2.24) is 5.48 Å². The van der Waals surface area contributed by atoms with E-state index in [0.717, 1.165) is 12.1 Å². The van der Waals surface area contributed by atoms with Gasteiger partial charge < -0.3 is 0 Å². The third kappa shape index (κ3) is 1.83. The summed E-state index contributed by atoms with van der Waals surface area (Å²) in [4.78, 5) is 11.0. The number of carbonyl (C=O) groups is 1. The Balaban J connectivity index is 2.13. The van der Waals surface area contributed by atoms with E-state index in [1.807, 2.05) is 0 Å². The van der Waals surface area contributed by atoms with Crippen molar-refractivity contribution in [2.45, 2.75) is 12.3 Å². The highest BCUT2D eigenvalue weighted by molar-refractivity contribution is 5.81. The van der Waals surface area contributed by atoms with Gasteiger partial charge in [0, 0.05) is 5.92 Å². The Morgan fingerprint density at radius 2 is 2.13 bits per heavy atom. The molecule has 0 aromatic heterocycles. The predicted molar refractivity (Wildman–Crippen MR) is 47.1 cm³/mol. The first-order valence-electron chi connectivity index (χ1n) is 4.52. The molecule has 2 unspecified atom stereocenters. The van der Waals surface area contributed by atoms with Gasteiger partial charge >= 0.3 is 0 Å². The molecule has 1 aromatic rings. The fraction of sp³-hybridized carbons (Fsp3) is 0.300. The molecule has 1 aliphatic rings. The van der Waals surface area contributed by atoms with E-state index in [2.05, 4.69) is 0 Å². The van der Waals surface area contributed by atoms with Crippen LogP contribution < -0.4 is 5.48 Å². The molecule has 80 valence electrons. The molecule has 2 rings (SSSR count). The largest absolute Gasteiger partial charge is 0.289 e. The average Bonchev–Trinajstić information content (AvgIpc) is 3.01. The summed E-state index contributed by atoms with van der Waals surface area (Å²) in [6.45, 7) is 0. The van der Waals surface area contributed by atoms with Crippen LogP contribution in [-0.2, 0) is 4.79 Å². The summed E-state index contributed by atoms with van der Waals surface area (Å²) in [6, 6.07) is 3.58. The second kappa shape index (κ2) is 3.58. The van der Waals surface area contributed by atoms with E-state index in [4.69, 9.17) is 5.21 Å². The van der Waals surface area contributed by atoms with Crippen LogP contribution in [0.4, 0.5) is 8.78 Å². The van der Waals surface area contributed by atoms with Crippen molar-refractivity contribution >= 4 is 5.91 Å². The van der Waals surface area contributed by atoms with Gasteiger partial charge in [-0.15, -0.1) is 0 Å². The van der Waals surface area contributed by atoms with Crippen LogP contribution in [0.15, 0.2) is 18.2 Å². The van der Waals surface area contributed by atoms with Crippen molar-refractivity contribution in [3.63, 3.8) is 0 Å². The topological polar surface area (TPSA) is 49.3 Å². The zero-order valence-electron chi connectivity index (χ0n) is 7.71. The van der Waals surface area contributed by atoms with E-state index >= 15 is 0 Å². The minimum absolute atomic E-state index is 0.118. The van der Waals surface area contributed by atoms with Crippen LogP contribution in [0.25, 0.3) is 0 Å². The van der Waals surface area contributed by atoms with Crippen molar-refractivity contribution < 1.29 is 18.8 Å². The average molecular weight is 213 g/mol. The standard InChI is InChI=1S/C10H9F2NO2/c11-8-2-1-5(3-9(8)12)6-4-7(6)10(14)13-15/h1-3,6-7,15H,4H2,(H,13,14). The summed E-state index contributed by atoms with van der Waals surface area (Å²) in [6.07, 6.45) is 0.553. The van der Waals surface area contributed by atoms with E-state index in [9.17, 15) is 13.6 Å². The van der Waals surface area contributed by atoms with Crippen LogP contribution in [0, 0.1) is 17.6 Å². The molecule has 1 fully saturated rings. The van der Waals surface area contributed by atoms with Gasteiger partial charge in [-0.3, -0.25) is 10.0 Å². The summed E-state index contributed by atoms with van der Waals surface area (Å²) in [5, 5.41) is 8.37. The lowest BCUT2D eigenvalue weighted by molar-refractivity contribution is -0.130. The first-order chi connectivity index (χ1) is 7.13. The molecule has 1 amide bonds. The Kier molecular flexibility index (Phi) is 2.40. The van der Waals surface area contributed by atoms with Crippen LogP contribution in [0.3, 0.4) is 0 Å². The maximum absolute atomic E-state index is 12.9. The van der Waals surface area contributed by atoms with Gasteiger partial charge in [0.1, 0.15) is 0 Å². The highest BCUT2D eigenvalue weighted by atomic mass is 19.2. The molecule has 2 N–H and O–H groups in total. The molecule has 0 saturated heterocycles. The molecular formula is C10H9F2NO2. The van der Waals surface area contributed by atoms with Crippen LogP contribution in [-0.4, -0.2) is 11.1 Å². The molecule has 0 heterocycles. The number of hydroxylamine groups is 1. The molecule has 0 spiro atoms. The Hall–Kier alpha value is -1.49. The highest BCUT2D eigenvalue weighted by Crippen LogP contribution is 2.47. The van der Waals surface area contributed by atoms with Crippen LogP contribution >= 0.6 is 0 Å². The molecule has 0 aliphatic heterocycles. The minimum Gasteiger partial charge on any atom is -0.289 e. The second-order valence-electron chi connectivity index (χ2n) is 3.60. The smallest absolute Gasteiger partial charge is 0.247 e. The first-order valence-corrected chi connectivity index (χ1v) is 4.52. The molecule has 1 saturated carbocycles. The molecule has 1 aliphatic carbocycles. The van der Waals surface area contributed by atoms with Crippen molar-refractivity contribution in [3.8, 4) is 0 Å². The van der Waals surface area contributed by atoms with Gasteiger partial charge in [-0.05, 0) is 30.0 Å². The highest BCUT2D eigenvalue weighted by Gasteiger charge is 2.44. The molecule has 3 nitrogen and oxygen atoms in total. The Bertz CT molecular complexity index is 408. The maximum Gasteiger partial charge on any atom is 0.247 e. The third-order valence-electron chi connectivity index (χ3n) is 2.61. The van der Waals surface area contributed by atoms with Crippen molar-refractivity contribution in [3.05, 3.63) is 35.4 Å². The monoisotopic (exact) mass is 213 g/mol. The summed E-state index contributed by atoms with van der Waals surface area (Å²) < 4.78 is 25.5. The third-order valence-corrected chi connectivity index (χ3v) is 2.61. The van der Waals surface area contributed by atoms with E-state index in [1.165, 1.54) is 6.07 Å². The van der Waals surface area contributed by atoms with Crippen LogP contribution in [0.2, 0.25) is 0 Å². The van der Waals surface area contributed by atoms with Gasteiger partial charge in [0.2, 0.25) is 5.91 Å². The molecule has 15 heavy (non-hydrogen) atoms. The molecule has 0 radical (unpaired) electrons. The van der Waals surface area contributed by atoms with Crippen molar-refractivity contribution in [1.29, 1.82) is 0 Å². The molecule has 1 aromatic carbocycles. The lowest BCUT2D eigenvalue weighted by Gasteiger charge is -2.00. The SMILES string of the molecule is O=C(NO)C1CC1c1ccc(F)c(F)c1. The second-order valence-corrected chi connectivity index (χ2v) is 3.60. The van der Waals surface area contributed by atoms with Crippen molar-refractivity contribution in [2.75, 3.05) is 0 Å². The minimum atomic E-state index is -0.914. The van der Waals surface area contributed by atoms with E-state index in [1.54, 1.807) is 5.48 Å². The maximum atomic E-state index is 12.9. The Morgan fingerprint density at radius 1 is 1.40 bits per heavy atom. The van der Waals surface area contributed by atoms with E-state index in [-0.39, 0.29) is 11.8 Å². The lowest BCUT2D eigenvalue weighted by atomic mass is 10.1. The van der Waals surface area contributed by atoms with Gasteiger partial charge in [-0.2, -0.15) is 0 Å². The van der Waals surface area contributed by atoms with Gasteiger partial charge in [0.05, 0.1) is 0 Å². The normalized spacial score (nSPS) is 23.7. The number of carbonyl (C=O) groups excluding carboxylic acids is 1.